The van der Waals surface area contributed by atoms with Crippen molar-refractivity contribution < 1.29 is 13.2 Å². The molecule has 0 aliphatic heterocycles. The molecule has 0 heterocycles. The van der Waals surface area contributed by atoms with Gasteiger partial charge in [0, 0.05) is 16.2 Å². The van der Waals surface area contributed by atoms with Crippen molar-refractivity contribution in [2.24, 2.45) is 0 Å². The van der Waals surface area contributed by atoms with Crippen LogP contribution < -0.4 is 4.74 Å². The van der Waals surface area contributed by atoms with Crippen LogP contribution in [0, 0.1) is 13.8 Å². The monoisotopic (exact) mass is 262 g/mol. The summed E-state index contributed by atoms with van der Waals surface area (Å²) in [7, 11) is 1.63. The first-order chi connectivity index (χ1) is 7.38. The highest BCUT2D eigenvalue weighted by Gasteiger charge is 2.17. The van der Waals surface area contributed by atoms with Gasteiger partial charge in [-0.25, -0.2) is 8.42 Å². The van der Waals surface area contributed by atoms with E-state index < -0.39 is 9.05 Å². The van der Waals surface area contributed by atoms with Crippen molar-refractivity contribution in [3.63, 3.8) is 0 Å². The van der Waals surface area contributed by atoms with Gasteiger partial charge in [0.05, 0.1) is 11.5 Å². The maximum Gasteiger partial charge on any atom is 0.261 e. The summed E-state index contributed by atoms with van der Waals surface area (Å²) in [5.74, 6) is 0.614. The lowest BCUT2D eigenvalue weighted by Crippen LogP contribution is -2.03. The number of benzene rings is 1. The van der Waals surface area contributed by atoms with Crippen molar-refractivity contribution >= 4 is 19.7 Å². The molecule has 0 aliphatic carbocycles. The average molecular weight is 263 g/mol. The average Bonchev–Trinajstić information content (AvgIpc) is 2.15. The Labute approximate surface area is 101 Å². The van der Waals surface area contributed by atoms with Crippen molar-refractivity contribution in [3.05, 3.63) is 23.3 Å². The molecule has 3 nitrogen and oxygen atoms in total. The number of rotatable bonds is 4. The molecule has 1 aromatic rings. The number of halogens is 1. The highest BCUT2D eigenvalue weighted by atomic mass is 35.7. The van der Waals surface area contributed by atoms with Crippen LogP contribution in [0.5, 0.6) is 5.75 Å². The van der Waals surface area contributed by atoms with Gasteiger partial charge < -0.3 is 4.74 Å². The molecule has 0 aliphatic rings. The molecule has 0 aromatic heterocycles. The van der Waals surface area contributed by atoms with Crippen LogP contribution in [0.1, 0.15) is 24.5 Å². The molecule has 0 bridgehead atoms. The Morgan fingerprint density at radius 3 is 2.44 bits per heavy atom. The van der Waals surface area contributed by atoms with E-state index in [0.29, 0.717) is 17.9 Å². The largest absolute Gasteiger partial charge is 0.493 e. The van der Waals surface area contributed by atoms with Crippen LogP contribution in [0.15, 0.2) is 17.0 Å². The van der Waals surface area contributed by atoms with E-state index in [0.717, 1.165) is 12.0 Å². The maximum atomic E-state index is 11.3. The molecule has 16 heavy (non-hydrogen) atoms. The van der Waals surface area contributed by atoms with Gasteiger partial charge in [-0.15, -0.1) is 0 Å². The molecule has 5 heteroatoms. The van der Waals surface area contributed by atoms with E-state index in [-0.39, 0.29) is 4.90 Å². The Hall–Kier alpha value is -0.740. The molecule has 0 amide bonds. The first-order valence-electron chi connectivity index (χ1n) is 5.05. The molecule has 0 atom stereocenters. The van der Waals surface area contributed by atoms with Crippen molar-refractivity contribution in [2.75, 3.05) is 6.61 Å². The van der Waals surface area contributed by atoms with Crippen LogP contribution in [0.2, 0.25) is 0 Å². The van der Waals surface area contributed by atoms with Crippen LogP contribution in [0.4, 0.5) is 0 Å². The third-order valence-corrected chi connectivity index (χ3v) is 3.73. The van der Waals surface area contributed by atoms with Gasteiger partial charge in [0.1, 0.15) is 5.75 Å². The smallest absolute Gasteiger partial charge is 0.261 e. The number of hydrogen-bond donors (Lipinski definition) is 0. The Kier molecular flexibility index (Phi) is 4.21. The summed E-state index contributed by atoms with van der Waals surface area (Å²) >= 11 is 0. The summed E-state index contributed by atoms with van der Waals surface area (Å²) in [4.78, 5) is 0.117. The Bertz CT molecular complexity index is 480. The minimum Gasteiger partial charge on any atom is -0.493 e. The summed E-state index contributed by atoms with van der Waals surface area (Å²) in [5.41, 5.74) is 1.48. The fraction of sp³-hybridized carbons (Fsp3) is 0.455. The van der Waals surface area contributed by atoms with Crippen LogP contribution in [-0.2, 0) is 9.05 Å². The second-order valence-electron chi connectivity index (χ2n) is 3.62. The summed E-state index contributed by atoms with van der Waals surface area (Å²) in [6.45, 7) is 6.14. The van der Waals surface area contributed by atoms with Gasteiger partial charge in [-0.05, 0) is 31.9 Å². The Morgan fingerprint density at radius 1 is 1.31 bits per heavy atom. The van der Waals surface area contributed by atoms with Gasteiger partial charge in [-0.2, -0.15) is 0 Å². The SMILES string of the molecule is CCCOc1c(C)ccc(S(=O)(=O)Cl)c1C. The molecule has 90 valence electrons. The highest BCUT2D eigenvalue weighted by Crippen LogP contribution is 2.30. The minimum atomic E-state index is -3.71. The fourth-order valence-electron chi connectivity index (χ4n) is 1.50. The van der Waals surface area contributed by atoms with Crippen LogP contribution in [0.25, 0.3) is 0 Å². The van der Waals surface area contributed by atoms with Crippen LogP contribution in [0.3, 0.4) is 0 Å². The van der Waals surface area contributed by atoms with E-state index in [1.807, 2.05) is 13.8 Å². The highest BCUT2D eigenvalue weighted by molar-refractivity contribution is 8.13. The molecule has 0 fully saturated rings. The van der Waals surface area contributed by atoms with Crippen LogP contribution >= 0.6 is 10.7 Å². The fourth-order valence-corrected chi connectivity index (χ4v) is 2.69. The molecule has 1 aromatic carbocycles. The normalized spacial score (nSPS) is 11.5. The molecule has 0 saturated heterocycles. The third kappa shape index (κ3) is 2.89. The number of aryl methyl sites for hydroxylation is 1. The van der Waals surface area contributed by atoms with E-state index in [4.69, 9.17) is 15.4 Å². The van der Waals surface area contributed by atoms with Gasteiger partial charge in [0.15, 0.2) is 0 Å². The number of ether oxygens (including phenoxy) is 1. The third-order valence-electron chi connectivity index (χ3n) is 2.27. The minimum absolute atomic E-state index is 0.117. The maximum absolute atomic E-state index is 11.3. The number of hydrogen-bond acceptors (Lipinski definition) is 3. The molecule has 0 N–H and O–H groups in total. The molecule has 1 rings (SSSR count). The summed E-state index contributed by atoms with van der Waals surface area (Å²) in [6.07, 6.45) is 0.872. The second-order valence-corrected chi connectivity index (χ2v) is 6.16. The quantitative estimate of drug-likeness (QED) is 0.784. The summed E-state index contributed by atoms with van der Waals surface area (Å²) in [6, 6.07) is 3.21. The van der Waals surface area contributed by atoms with Gasteiger partial charge in [0.2, 0.25) is 0 Å². The van der Waals surface area contributed by atoms with E-state index in [9.17, 15) is 8.42 Å². The molecule has 0 radical (unpaired) electrons. The Balaban J connectivity index is 3.27. The van der Waals surface area contributed by atoms with Gasteiger partial charge >= 0.3 is 0 Å². The zero-order chi connectivity index (χ0) is 12.3. The van der Waals surface area contributed by atoms with Gasteiger partial charge in [-0.3, -0.25) is 0 Å². The zero-order valence-corrected chi connectivity index (χ0v) is 11.2. The molecule has 0 spiro atoms. The predicted octanol–water partition coefficient (Wildman–Crippen LogP) is 3.02. The topological polar surface area (TPSA) is 43.4 Å². The second kappa shape index (κ2) is 5.06. The molecular weight excluding hydrogens is 248 g/mol. The van der Waals surface area contributed by atoms with E-state index in [1.165, 1.54) is 6.07 Å². The van der Waals surface area contributed by atoms with E-state index in [2.05, 4.69) is 0 Å². The van der Waals surface area contributed by atoms with Crippen LogP contribution in [-0.4, -0.2) is 15.0 Å². The van der Waals surface area contributed by atoms with E-state index >= 15 is 0 Å². The first-order valence-corrected chi connectivity index (χ1v) is 7.36. The standard InChI is InChI=1S/C11H15ClO3S/c1-4-7-15-11-8(2)5-6-10(9(11)3)16(12,13)14/h5-6H,4,7H2,1-3H3. The Morgan fingerprint density at radius 2 is 1.94 bits per heavy atom. The predicted molar refractivity (Wildman–Crippen MR) is 64.7 cm³/mol. The van der Waals surface area contributed by atoms with Crippen molar-refractivity contribution in [2.45, 2.75) is 32.1 Å². The summed E-state index contributed by atoms with van der Waals surface area (Å²) < 4.78 is 28.1. The molecule has 0 unspecified atom stereocenters. The summed E-state index contributed by atoms with van der Waals surface area (Å²) in [5, 5.41) is 0. The van der Waals surface area contributed by atoms with Crippen molar-refractivity contribution in [1.29, 1.82) is 0 Å². The lowest BCUT2D eigenvalue weighted by molar-refractivity contribution is 0.312. The molecular formula is C11H15ClO3S. The van der Waals surface area contributed by atoms with E-state index in [1.54, 1.807) is 13.0 Å². The first kappa shape index (κ1) is 13.3. The van der Waals surface area contributed by atoms with Gasteiger partial charge in [0.25, 0.3) is 9.05 Å². The van der Waals surface area contributed by atoms with Gasteiger partial charge in [-0.1, -0.05) is 13.0 Å². The van der Waals surface area contributed by atoms with Crippen molar-refractivity contribution in [3.8, 4) is 5.75 Å². The van der Waals surface area contributed by atoms with Crippen molar-refractivity contribution in [1.82, 2.24) is 0 Å². The zero-order valence-electron chi connectivity index (χ0n) is 9.58. The lowest BCUT2D eigenvalue weighted by Gasteiger charge is -2.13. The molecule has 0 saturated carbocycles. The lowest BCUT2D eigenvalue weighted by atomic mass is 10.1.